The summed E-state index contributed by atoms with van der Waals surface area (Å²) in [5, 5.41) is 0.208. The van der Waals surface area contributed by atoms with Crippen LogP contribution in [0.3, 0.4) is 0 Å². The van der Waals surface area contributed by atoms with Crippen molar-refractivity contribution in [2.45, 2.75) is 39.3 Å². The van der Waals surface area contributed by atoms with Crippen LogP contribution in [0.5, 0.6) is 0 Å². The molecule has 1 aromatic heterocycles. The van der Waals surface area contributed by atoms with Gasteiger partial charge in [0.25, 0.3) is 5.91 Å². The predicted molar refractivity (Wildman–Crippen MR) is 85.7 cm³/mol. The van der Waals surface area contributed by atoms with Crippen LogP contribution in [0.1, 0.15) is 48.2 Å². The Labute approximate surface area is 139 Å². The highest BCUT2D eigenvalue weighted by atomic mass is 35.5. The zero-order chi connectivity index (χ0) is 16.8. The molecule has 0 radical (unpaired) electrons. The van der Waals surface area contributed by atoms with Crippen LogP contribution < -0.4 is 0 Å². The van der Waals surface area contributed by atoms with Crippen LogP contribution in [0.15, 0.2) is 24.4 Å². The zero-order valence-electron chi connectivity index (χ0n) is 13.2. The Bertz CT molecular complexity index is 766. The van der Waals surface area contributed by atoms with E-state index in [-0.39, 0.29) is 21.9 Å². The van der Waals surface area contributed by atoms with Crippen molar-refractivity contribution >= 4 is 17.5 Å². The maximum absolute atomic E-state index is 13.4. The summed E-state index contributed by atoms with van der Waals surface area (Å²) in [6, 6.07) is 3.85. The van der Waals surface area contributed by atoms with Crippen molar-refractivity contribution in [1.29, 1.82) is 0 Å². The molecule has 0 atom stereocenters. The number of benzene rings is 1. The lowest BCUT2D eigenvalue weighted by Crippen LogP contribution is -2.25. The molecule has 4 nitrogen and oxygen atoms in total. The summed E-state index contributed by atoms with van der Waals surface area (Å²) >= 11 is 5.83. The highest BCUT2D eigenvalue weighted by Gasteiger charge is 2.28. The molecule has 3 rings (SSSR count). The smallest absolute Gasteiger partial charge is 0.254 e. The van der Waals surface area contributed by atoms with Gasteiger partial charge in [0.2, 0.25) is 0 Å². The van der Waals surface area contributed by atoms with Crippen molar-refractivity contribution in [3.05, 3.63) is 57.9 Å². The highest BCUT2D eigenvalue weighted by Crippen LogP contribution is 2.26. The van der Waals surface area contributed by atoms with Gasteiger partial charge >= 0.3 is 0 Å². The van der Waals surface area contributed by atoms with Gasteiger partial charge in [0.1, 0.15) is 11.6 Å². The molecule has 120 valence electrons. The van der Waals surface area contributed by atoms with Gasteiger partial charge in [-0.25, -0.2) is 14.4 Å². The lowest BCUT2D eigenvalue weighted by Gasteiger charge is -2.16. The lowest BCUT2D eigenvalue weighted by atomic mass is 9.95. The first-order valence-corrected chi connectivity index (χ1v) is 7.72. The number of rotatable bonds is 1. The van der Waals surface area contributed by atoms with Crippen LogP contribution in [-0.2, 0) is 18.5 Å². The minimum absolute atomic E-state index is 0.150. The Hall–Kier alpha value is -2.01. The fraction of sp³-hybridized carbons (Fsp3) is 0.353. The van der Waals surface area contributed by atoms with Crippen LogP contribution >= 0.6 is 11.6 Å². The van der Waals surface area contributed by atoms with E-state index in [1.807, 2.05) is 20.8 Å². The Kier molecular flexibility index (Phi) is 3.84. The van der Waals surface area contributed by atoms with Crippen LogP contribution in [0, 0.1) is 5.82 Å². The van der Waals surface area contributed by atoms with Crippen molar-refractivity contribution in [1.82, 2.24) is 14.9 Å². The molecule has 1 aromatic carbocycles. The van der Waals surface area contributed by atoms with E-state index >= 15 is 0 Å². The van der Waals surface area contributed by atoms with E-state index in [9.17, 15) is 9.18 Å². The average Bonchev–Trinajstić information content (AvgIpc) is 2.87. The second-order valence-corrected chi connectivity index (χ2v) is 7.17. The largest absolute Gasteiger partial charge is 0.328 e. The van der Waals surface area contributed by atoms with Crippen LogP contribution in [0.2, 0.25) is 5.02 Å². The molecule has 1 amide bonds. The summed E-state index contributed by atoms with van der Waals surface area (Å²) in [7, 11) is 0. The van der Waals surface area contributed by atoms with Gasteiger partial charge in [0, 0.05) is 34.3 Å². The van der Waals surface area contributed by atoms with E-state index in [1.165, 1.54) is 18.2 Å². The molecule has 0 N–H and O–H groups in total. The molecule has 2 aromatic rings. The number of carbonyl (C=O) groups is 1. The van der Waals surface area contributed by atoms with Gasteiger partial charge in [-0.05, 0) is 18.2 Å². The van der Waals surface area contributed by atoms with Gasteiger partial charge in [-0.3, -0.25) is 4.79 Å². The van der Waals surface area contributed by atoms with Crippen molar-refractivity contribution in [3.63, 3.8) is 0 Å². The van der Waals surface area contributed by atoms with Gasteiger partial charge < -0.3 is 4.90 Å². The number of nitrogens with zero attached hydrogens (tertiary/aromatic N) is 3. The molecule has 6 heteroatoms. The van der Waals surface area contributed by atoms with Gasteiger partial charge in [-0.15, -0.1) is 0 Å². The fourth-order valence-electron chi connectivity index (χ4n) is 2.52. The first kappa shape index (κ1) is 15.9. The average molecular weight is 334 g/mol. The van der Waals surface area contributed by atoms with E-state index in [2.05, 4.69) is 9.97 Å². The second kappa shape index (κ2) is 5.57. The Balaban J connectivity index is 1.85. The van der Waals surface area contributed by atoms with Gasteiger partial charge in [0.15, 0.2) is 0 Å². The predicted octanol–water partition coefficient (Wildman–Crippen LogP) is 3.72. The molecule has 2 heterocycles. The second-order valence-electron chi connectivity index (χ2n) is 6.73. The number of aromatic nitrogens is 2. The topological polar surface area (TPSA) is 46.1 Å². The number of hydrogen-bond acceptors (Lipinski definition) is 3. The third kappa shape index (κ3) is 3.20. The third-order valence-corrected chi connectivity index (χ3v) is 3.94. The minimum atomic E-state index is -0.521. The maximum Gasteiger partial charge on any atom is 0.254 e. The fourth-order valence-corrected chi connectivity index (χ4v) is 2.74. The molecule has 1 aliphatic rings. The Morgan fingerprint density at radius 1 is 1.26 bits per heavy atom. The summed E-state index contributed by atoms with van der Waals surface area (Å²) in [5.74, 6) is -0.0339. The molecule has 0 saturated heterocycles. The maximum atomic E-state index is 13.4. The number of carbonyl (C=O) groups excluding carboxylic acids is 1. The molecule has 0 aliphatic carbocycles. The van der Waals surface area contributed by atoms with Crippen LogP contribution in [0.25, 0.3) is 0 Å². The standard InChI is InChI=1S/C17H17ClFN3O/c1-17(2,3)16-20-7-11-8-22(9-14(11)21-16)15(23)10-4-12(18)6-13(19)5-10/h4-7H,8-9H2,1-3H3. The number of fused-ring (bicyclic) bond motifs is 1. The molecule has 0 unspecified atom stereocenters. The molecular weight excluding hydrogens is 317 g/mol. The third-order valence-electron chi connectivity index (χ3n) is 3.72. The van der Waals surface area contributed by atoms with Crippen LogP contribution in [-0.4, -0.2) is 20.8 Å². The van der Waals surface area contributed by atoms with E-state index < -0.39 is 5.82 Å². The molecule has 0 fully saturated rings. The van der Waals surface area contributed by atoms with Gasteiger partial charge in [0.05, 0.1) is 12.2 Å². The number of hydrogen-bond donors (Lipinski definition) is 0. The number of amides is 1. The molecule has 23 heavy (non-hydrogen) atoms. The molecule has 0 spiro atoms. The molecular formula is C17H17ClFN3O. The normalized spacial score (nSPS) is 14.0. The van der Waals surface area contributed by atoms with E-state index in [0.29, 0.717) is 13.1 Å². The summed E-state index contributed by atoms with van der Waals surface area (Å²) in [4.78, 5) is 23.1. The summed E-state index contributed by atoms with van der Waals surface area (Å²) in [6.07, 6.45) is 1.77. The van der Waals surface area contributed by atoms with Crippen molar-refractivity contribution < 1.29 is 9.18 Å². The van der Waals surface area contributed by atoms with Crippen molar-refractivity contribution in [3.8, 4) is 0 Å². The summed E-state index contributed by atoms with van der Waals surface area (Å²) in [6.45, 7) is 6.95. The SMILES string of the molecule is CC(C)(C)c1ncc2c(n1)CN(C(=O)c1cc(F)cc(Cl)c1)C2. The van der Waals surface area contributed by atoms with Gasteiger partial charge in [-0.2, -0.15) is 0 Å². The zero-order valence-corrected chi connectivity index (χ0v) is 14.0. The molecule has 0 bridgehead atoms. The Morgan fingerprint density at radius 3 is 2.65 bits per heavy atom. The summed E-state index contributed by atoms with van der Waals surface area (Å²) in [5.41, 5.74) is 1.86. The first-order valence-electron chi connectivity index (χ1n) is 7.35. The van der Waals surface area contributed by atoms with E-state index in [4.69, 9.17) is 11.6 Å². The van der Waals surface area contributed by atoms with Gasteiger partial charge in [-0.1, -0.05) is 32.4 Å². The highest BCUT2D eigenvalue weighted by molar-refractivity contribution is 6.31. The van der Waals surface area contributed by atoms with Crippen molar-refractivity contribution in [2.75, 3.05) is 0 Å². The molecule has 1 aliphatic heterocycles. The number of halogens is 2. The monoisotopic (exact) mass is 333 g/mol. The minimum Gasteiger partial charge on any atom is -0.328 e. The van der Waals surface area contributed by atoms with Crippen LogP contribution in [0.4, 0.5) is 4.39 Å². The van der Waals surface area contributed by atoms with E-state index in [1.54, 1.807) is 11.1 Å². The lowest BCUT2D eigenvalue weighted by molar-refractivity contribution is 0.0750. The van der Waals surface area contributed by atoms with E-state index in [0.717, 1.165) is 17.1 Å². The first-order chi connectivity index (χ1) is 10.7. The quantitative estimate of drug-likeness (QED) is 0.799. The molecule has 0 saturated carbocycles. The Morgan fingerprint density at radius 2 is 2.00 bits per heavy atom. The summed E-state index contributed by atoms with van der Waals surface area (Å²) < 4.78 is 13.4. The van der Waals surface area contributed by atoms with Crippen molar-refractivity contribution in [2.24, 2.45) is 0 Å².